The molecule has 3 nitrogen and oxygen atoms in total. The Morgan fingerprint density at radius 3 is 2.59 bits per heavy atom. The molecule has 1 saturated carbocycles. The molecule has 0 aromatic rings. The summed E-state index contributed by atoms with van der Waals surface area (Å²) in [7, 11) is 0. The molecule has 2 aliphatic rings. The van der Waals surface area contributed by atoms with Crippen LogP contribution in [0, 0.1) is 11.3 Å². The first-order valence-electron chi connectivity index (χ1n) is 6.83. The van der Waals surface area contributed by atoms with Crippen molar-refractivity contribution in [2.75, 3.05) is 13.1 Å². The van der Waals surface area contributed by atoms with Gasteiger partial charge in [0.1, 0.15) is 4.75 Å². The summed E-state index contributed by atoms with van der Waals surface area (Å²) in [5.41, 5.74) is 0.530. The van der Waals surface area contributed by atoms with E-state index >= 15 is 0 Å². The molecule has 1 aliphatic carbocycles. The molecule has 2 rings (SSSR count). The maximum Gasteiger partial charge on any atom is 0.139 e. The van der Waals surface area contributed by atoms with Gasteiger partial charge < -0.3 is 9.87 Å². The molecule has 0 aromatic carbocycles. The van der Waals surface area contributed by atoms with Crippen molar-refractivity contribution in [1.82, 2.24) is 5.32 Å². The molecule has 2 fully saturated rings. The lowest BCUT2D eigenvalue weighted by molar-refractivity contribution is 0.123. The van der Waals surface area contributed by atoms with Gasteiger partial charge in [-0.1, -0.05) is 6.42 Å². The Kier molecular flexibility index (Phi) is 4.08. The van der Waals surface area contributed by atoms with Crippen LogP contribution in [0.5, 0.6) is 0 Å². The maximum atomic E-state index is 11.6. The Hall–Kier alpha value is 0.230. The van der Waals surface area contributed by atoms with E-state index in [1.165, 1.54) is 32.1 Å². The van der Waals surface area contributed by atoms with Gasteiger partial charge in [-0.05, 0) is 64.0 Å². The van der Waals surface area contributed by atoms with Crippen LogP contribution in [-0.4, -0.2) is 22.4 Å². The van der Waals surface area contributed by atoms with Crippen molar-refractivity contribution in [3.05, 3.63) is 0 Å². The molecule has 1 saturated heterocycles. The number of hydrogen-bond acceptors (Lipinski definition) is 3. The highest BCUT2D eigenvalue weighted by Gasteiger charge is 2.47. The standard InChI is InChI=1S/C13H26N2OS/c1-12(2,17(14)16)10-11-4-3-5-13(11)6-8-15-9-7-13/h11,15H,3-10,14H2,1-2H3/t11-,17-/m1/s1. The highest BCUT2D eigenvalue weighted by Crippen LogP contribution is 2.52. The third kappa shape index (κ3) is 2.80. The molecule has 1 aliphatic heterocycles. The molecule has 100 valence electrons. The van der Waals surface area contributed by atoms with Crippen molar-refractivity contribution in [3.63, 3.8) is 0 Å². The lowest BCUT2D eigenvalue weighted by Gasteiger charge is -2.41. The molecule has 17 heavy (non-hydrogen) atoms. The Labute approximate surface area is 108 Å². The van der Waals surface area contributed by atoms with Crippen LogP contribution in [0.25, 0.3) is 0 Å². The van der Waals surface area contributed by atoms with Crippen molar-refractivity contribution in [2.45, 2.75) is 57.1 Å². The minimum Gasteiger partial charge on any atom is -0.598 e. The predicted octanol–water partition coefficient (Wildman–Crippen LogP) is 1.95. The first kappa shape index (κ1) is 13.7. The summed E-state index contributed by atoms with van der Waals surface area (Å²) in [5.74, 6) is 0.729. The van der Waals surface area contributed by atoms with Crippen LogP contribution in [-0.2, 0) is 11.4 Å². The highest BCUT2D eigenvalue weighted by atomic mass is 32.2. The molecule has 0 unspecified atom stereocenters. The van der Waals surface area contributed by atoms with Gasteiger partial charge in [0.2, 0.25) is 0 Å². The van der Waals surface area contributed by atoms with Crippen LogP contribution in [0.1, 0.15) is 52.4 Å². The lowest BCUT2D eigenvalue weighted by atomic mass is 9.68. The van der Waals surface area contributed by atoms with Gasteiger partial charge in [0.15, 0.2) is 0 Å². The van der Waals surface area contributed by atoms with Gasteiger partial charge in [-0.15, -0.1) is 0 Å². The third-order valence-electron chi connectivity index (χ3n) is 4.98. The second-order valence-electron chi connectivity index (χ2n) is 6.46. The lowest BCUT2D eigenvalue weighted by Crippen LogP contribution is -2.44. The third-order valence-corrected chi connectivity index (χ3v) is 6.23. The second-order valence-corrected chi connectivity index (χ2v) is 8.16. The maximum absolute atomic E-state index is 11.6. The van der Waals surface area contributed by atoms with Gasteiger partial charge >= 0.3 is 0 Å². The van der Waals surface area contributed by atoms with Crippen molar-refractivity contribution in [2.24, 2.45) is 16.5 Å². The SMILES string of the molecule is CC(C)(C[C@H]1CCCC12CCNCC2)[S@+](N)[O-]. The topological polar surface area (TPSA) is 61.1 Å². The zero-order valence-corrected chi connectivity index (χ0v) is 11.9. The zero-order chi connectivity index (χ0) is 12.5. The van der Waals surface area contributed by atoms with Crippen LogP contribution in [0.3, 0.4) is 0 Å². The van der Waals surface area contributed by atoms with E-state index in [9.17, 15) is 4.55 Å². The van der Waals surface area contributed by atoms with Crippen LogP contribution >= 0.6 is 0 Å². The Bertz CT molecular complexity index is 262. The first-order chi connectivity index (χ1) is 7.96. The van der Waals surface area contributed by atoms with E-state index in [1.54, 1.807) is 0 Å². The minimum atomic E-state index is -1.21. The smallest absolute Gasteiger partial charge is 0.139 e. The van der Waals surface area contributed by atoms with E-state index in [0.717, 1.165) is 25.4 Å². The van der Waals surface area contributed by atoms with Crippen molar-refractivity contribution in [3.8, 4) is 0 Å². The Balaban J connectivity index is 2.04. The minimum absolute atomic E-state index is 0.229. The van der Waals surface area contributed by atoms with Gasteiger partial charge in [0.05, 0.1) is 0 Å². The first-order valence-corrected chi connectivity index (χ1v) is 8.05. The van der Waals surface area contributed by atoms with Gasteiger partial charge in [-0.25, -0.2) is 0 Å². The summed E-state index contributed by atoms with van der Waals surface area (Å²) in [6, 6.07) is 0. The average Bonchev–Trinajstić information content (AvgIpc) is 2.62. The number of nitrogens with one attached hydrogen (secondary N) is 1. The molecule has 1 spiro atoms. The fourth-order valence-electron chi connectivity index (χ4n) is 3.79. The normalized spacial score (nSPS) is 30.7. The van der Waals surface area contributed by atoms with Gasteiger partial charge in [0, 0.05) is 17.8 Å². The number of nitrogens with two attached hydrogens (primary N) is 1. The van der Waals surface area contributed by atoms with E-state index in [0.29, 0.717) is 5.41 Å². The van der Waals surface area contributed by atoms with Crippen LogP contribution in [0.15, 0.2) is 0 Å². The molecule has 0 bridgehead atoms. The van der Waals surface area contributed by atoms with E-state index in [2.05, 4.69) is 19.2 Å². The Morgan fingerprint density at radius 2 is 2.00 bits per heavy atom. The average molecular weight is 258 g/mol. The summed E-state index contributed by atoms with van der Waals surface area (Å²) >= 11 is -1.21. The van der Waals surface area contributed by atoms with Crippen LogP contribution < -0.4 is 10.5 Å². The summed E-state index contributed by atoms with van der Waals surface area (Å²) in [6.45, 7) is 6.41. The summed E-state index contributed by atoms with van der Waals surface area (Å²) < 4.78 is 11.4. The van der Waals surface area contributed by atoms with Gasteiger partial charge in [0.25, 0.3) is 0 Å². The monoisotopic (exact) mass is 258 g/mol. The van der Waals surface area contributed by atoms with E-state index in [-0.39, 0.29) is 4.75 Å². The molecular weight excluding hydrogens is 232 g/mol. The predicted molar refractivity (Wildman–Crippen MR) is 72.9 cm³/mol. The molecule has 4 heteroatoms. The van der Waals surface area contributed by atoms with Crippen LogP contribution in [0.2, 0.25) is 0 Å². The Morgan fingerprint density at radius 1 is 1.35 bits per heavy atom. The number of rotatable bonds is 3. The van der Waals surface area contributed by atoms with E-state index in [1.807, 2.05) is 0 Å². The molecule has 0 amide bonds. The second kappa shape index (κ2) is 5.08. The summed E-state index contributed by atoms with van der Waals surface area (Å²) in [6.07, 6.45) is 7.64. The largest absolute Gasteiger partial charge is 0.598 e. The van der Waals surface area contributed by atoms with E-state index < -0.39 is 11.4 Å². The molecule has 1 heterocycles. The fourth-order valence-corrected chi connectivity index (χ4v) is 4.15. The number of piperidine rings is 1. The van der Waals surface area contributed by atoms with Crippen molar-refractivity contribution >= 4 is 11.4 Å². The number of hydrogen-bond donors (Lipinski definition) is 2. The summed E-state index contributed by atoms with van der Waals surface area (Å²) in [4.78, 5) is 0. The van der Waals surface area contributed by atoms with Crippen molar-refractivity contribution < 1.29 is 4.55 Å². The highest BCUT2D eigenvalue weighted by molar-refractivity contribution is 7.90. The van der Waals surface area contributed by atoms with Gasteiger partial charge in [-0.3, -0.25) is 0 Å². The quantitative estimate of drug-likeness (QED) is 0.761. The van der Waals surface area contributed by atoms with Crippen LogP contribution in [0.4, 0.5) is 0 Å². The van der Waals surface area contributed by atoms with Crippen molar-refractivity contribution in [1.29, 1.82) is 0 Å². The molecular formula is C13H26N2OS. The molecule has 3 N–H and O–H groups in total. The van der Waals surface area contributed by atoms with E-state index in [4.69, 9.17) is 5.14 Å². The zero-order valence-electron chi connectivity index (χ0n) is 11.1. The fraction of sp³-hybridized carbons (Fsp3) is 1.00. The molecule has 0 radical (unpaired) electrons. The molecule has 0 aromatic heterocycles. The summed E-state index contributed by atoms with van der Waals surface area (Å²) in [5, 5.41) is 9.08. The van der Waals surface area contributed by atoms with Gasteiger partial charge in [-0.2, -0.15) is 5.14 Å². The molecule has 2 atom stereocenters.